The number of benzene rings is 1. The fraction of sp³-hybridized carbons (Fsp3) is 0.474. The van der Waals surface area contributed by atoms with Crippen molar-refractivity contribution in [1.29, 1.82) is 0 Å². The lowest BCUT2D eigenvalue weighted by Crippen LogP contribution is -2.51. The Balaban J connectivity index is 1.74. The lowest BCUT2D eigenvalue weighted by atomic mass is 10.1. The van der Waals surface area contributed by atoms with Crippen LogP contribution >= 0.6 is 0 Å². The third-order valence-electron chi connectivity index (χ3n) is 5.04. The maximum Gasteiger partial charge on any atom is 0.242 e. The molecule has 0 saturated carbocycles. The predicted octanol–water partition coefficient (Wildman–Crippen LogP) is 1.97. The maximum atomic E-state index is 12.7. The molecular weight excluding hydrogens is 314 g/mol. The highest BCUT2D eigenvalue weighted by atomic mass is 16.2. The zero-order chi connectivity index (χ0) is 18.0. The third-order valence-corrected chi connectivity index (χ3v) is 5.04. The number of carbonyl (C=O) groups is 1. The van der Waals surface area contributed by atoms with Gasteiger partial charge in [-0.2, -0.15) is 5.10 Å². The van der Waals surface area contributed by atoms with E-state index in [-0.39, 0.29) is 11.9 Å². The van der Waals surface area contributed by atoms with E-state index in [0.29, 0.717) is 0 Å². The van der Waals surface area contributed by atoms with Crippen LogP contribution in [-0.2, 0) is 11.8 Å². The molecule has 134 valence electrons. The Morgan fingerprint density at radius 1 is 1.12 bits per heavy atom. The molecule has 1 aliphatic heterocycles. The monoisotopic (exact) mass is 341 g/mol. The van der Waals surface area contributed by atoms with Crippen molar-refractivity contribution in [3.8, 4) is 11.3 Å². The van der Waals surface area contributed by atoms with Crippen molar-refractivity contribution in [3.05, 3.63) is 35.9 Å². The molecule has 0 radical (unpaired) electrons. The van der Waals surface area contributed by atoms with Gasteiger partial charge in [0.15, 0.2) is 0 Å². The van der Waals surface area contributed by atoms with Crippen molar-refractivity contribution in [2.75, 3.05) is 38.5 Å². The Morgan fingerprint density at radius 2 is 1.76 bits per heavy atom. The van der Waals surface area contributed by atoms with Crippen LogP contribution in [0.25, 0.3) is 11.3 Å². The smallest absolute Gasteiger partial charge is 0.242 e. The Morgan fingerprint density at radius 3 is 2.40 bits per heavy atom. The molecule has 1 aliphatic rings. The number of piperazine rings is 1. The molecule has 2 aromatic rings. The van der Waals surface area contributed by atoms with Crippen LogP contribution in [-0.4, -0.2) is 64.8 Å². The van der Waals surface area contributed by atoms with Crippen molar-refractivity contribution in [2.45, 2.75) is 19.9 Å². The van der Waals surface area contributed by atoms with E-state index in [1.807, 2.05) is 51.2 Å². The van der Waals surface area contributed by atoms with E-state index >= 15 is 0 Å². The summed E-state index contributed by atoms with van der Waals surface area (Å²) in [5, 5.41) is 7.68. The number of hydrogen-bond donors (Lipinski definition) is 1. The van der Waals surface area contributed by atoms with Crippen LogP contribution in [0.4, 0.5) is 5.82 Å². The van der Waals surface area contributed by atoms with Gasteiger partial charge < -0.3 is 10.2 Å². The molecule has 25 heavy (non-hydrogen) atoms. The van der Waals surface area contributed by atoms with Crippen LogP contribution < -0.4 is 5.32 Å². The summed E-state index contributed by atoms with van der Waals surface area (Å²) in [6.45, 7) is 7.83. The van der Waals surface area contributed by atoms with Crippen LogP contribution in [0.1, 0.15) is 12.5 Å². The average Bonchev–Trinajstić information content (AvgIpc) is 2.90. The van der Waals surface area contributed by atoms with Gasteiger partial charge in [0, 0.05) is 44.4 Å². The molecule has 0 aliphatic carbocycles. The second kappa shape index (κ2) is 7.37. The number of amides is 1. The molecule has 3 rings (SSSR count). The highest BCUT2D eigenvalue weighted by Crippen LogP contribution is 2.27. The van der Waals surface area contributed by atoms with Crippen LogP contribution in [0.3, 0.4) is 0 Å². The average molecular weight is 341 g/mol. The maximum absolute atomic E-state index is 12.7. The Labute approximate surface area is 149 Å². The van der Waals surface area contributed by atoms with Crippen LogP contribution in [0.5, 0.6) is 0 Å². The van der Waals surface area contributed by atoms with Gasteiger partial charge in [0.1, 0.15) is 5.82 Å². The molecule has 2 heterocycles. The van der Waals surface area contributed by atoms with Gasteiger partial charge >= 0.3 is 0 Å². The van der Waals surface area contributed by atoms with E-state index in [4.69, 9.17) is 0 Å². The van der Waals surface area contributed by atoms with Crippen LogP contribution in [0.2, 0.25) is 0 Å². The molecule has 1 aromatic heterocycles. The number of nitrogens with zero attached hydrogens (tertiary/aromatic N) is 4. The van der Waals surface area contributed by atoms with E-state index in [2.05, 4.69) is 27.3 Å². The summed E-state index contributed by atoms with van der Waals surface area (Å²) >= 11 is 0. The zero-order valence-corrected chi connectivity index (χ0v) is 15.5. The Bertz CT molecular complexity index is 732. The number of nitrogens with one attached hydrogen (secondary N) is 1. The highest BCUT2D eigenvalue weighted by Gasteiger charge is 2.26. The summed E-state index contributed by atoms with van der Waals surface area (Å²) in [4.78, 5) is 17.3. The van der Waals surface area contributed by atoms with Gasteiger partial charge in [0.2, 0.25) is 5.91 Å². The largest absolute Gasteiger partial charge is 0.309 e. The summed E-state index contributed by atoms with van der Waals surface area (Å²) in [6.07, 6.45) is 0. The van der Waals surface area contributed by atoms with Gasteiger partial charge in [-0.1, -0.05) is 30.3 Å². The zero-order valence-electron chi connectivity index (χ0n) is 15.5. The molecule has 1 N–H and O–H groups in total. The van der Waals surface area contributed by atoms with E-state index in [1.165, 1.54) is 0 Å². The molecule has 1 saturated heterocycles. The number of hydrogen-bond acceptors (Lipinski definition) is 4. The number of rotatable bonds is 4. The first kappa shape index (κ1) is 17.6. The Hall–Kier alpha value is -2.18. The minimum Gasteiger partial charge on any atom is -0.309 e. The number of likely N-dealkylation sites (N-methyl/N-ethyl adjacent to an activating group) is 1. The van der Waals surface area contributed by atoms with Crippen molar-refractivity contribution < 1.29 is 4.79 Å². The lowest BCUT2D eigenvalue weighted by Gasteiger charge is -2.35. The van der Waals surface area contributed by atoms with Crippen molar-refractivity contribution in [3.63, 3.8) is 0 Å². The normalized spacial score (nSPS) is 17.4. The summed E-state index contributed by atoms with van der Waals surface area (Å²) in [7, 11) is 3.99. The van der Waals surface area contributed by atoms with Crippen LogP contribution in [0, 0.1) is 6.92 Å². The van der Waals surface area contributed by atoms with Crippen molar-refractivity contribution in [1.82, 2.24) is 19.6 Å². The predicted molar refractivity (Wildman–Crippen MR) is 101 cm³/mol. The first-order valence-electron chi connectivity index (χ1n) is 8.80. The van der Waals surface area contributed by atoms with Gasteiger partial charge in [-0.3, -0.25) is 14.4 Å². The number of aromatic nitrogens is 2. The standard InChI is InChI=1S/C19H27N5O/c1-14-17(16-8-6-5-7-9-16)21-23(4)18(14)20-19(25)15(2)24-12-10-22(3)11-13-24/h5-9,15H,10-13H2,1-4H3,(H,20,25). The fourth-order valence-electron chi connectivity index (χ4n) is 3.27. The minimum absolute atomic E-state index is 0.0234. The molecule has 1 aromatic carbocycles. The number of aryl methyl sites for hydroxylation is 1. The molecule has 0 bridgehead atoms. The quantitative estimate of drug-likeness (QED) is 0.924. The van der Waals surface area contributed by atoms with Crippen molar-refractivity contribution in [2.24, 2.45) is 7.05 Å². The van der Waals surface area contributed by atoms with E-state index in [0.717, 1.165) is 48.8 Å². The van der Waals surface area contributed by atoms with Gasteiger partial charge in [-0.25, -0.2) is 0 Å². The first-order valence-corrected chi connectivity index (χ1v) is 8.80. The van der Waals surface area contributed by atoms with E-state index < -0.39 is 0 Å². The topological polar surface area (TPSA) is 53.4 Å². The SMILES string of the molecule is Cc1c(-c2ccccc2)nn(C)c1NC(=O)C(C)N1CCN(C)CC1. The van der Waals surface area contributed by atoms with E-state index in [9.17, 15) is 4.79 Å². The Kier molecular flexibility index (Phi) is 5.20. The third kappa shape index (κ3) is 3.75. The molecular formula is C19H27N5O. The number of carbonyl (C=O) groups excluding carboxylic acids is 1. The van der Waals surface area contributed by atoms with Gasteiger partial charge in [0.05, 0.1) is 11.7 Å². The summed E-state index contributed by atoms with van der Waals surface area (Å²) < 4.78 is 1.76. The summed E-state index contributed by atoms with van der Waals surface area (Å²) in [5.74, 6) is 0.792. The van der Waals surface area contributed by atoms with Gasteiger partial charge in [0.25, 0.3) is 0 Å². The molecule has 6 heteroatoms. The first-order chi connectivity index (χ1) is 12.0. The molecule has 0 spiro atoms. The van der Waals surface area contributed by atoms with Crippen LogP contribution in [0.15, 0.2) is 30.3 Å². The second-order valence-electron chi connectivity index (χ2n) is 6.82. The molecule has 1 amide bonds. The van der Waals surface area contributed by atoms with E-state index in [1.54, 1.807) is 4.68 Å². The summed E-state index contributed by atoms with van der Waals surface area (Å²) in [6, 6.07) is 9.90. The van der Waals surface area contributed by atoms with Crippen molar-refractivity contribution >= 4 is 11.7 Å². The fourth-order valence-corrected chi connectivity index (χ4v) is 3.27. The second-order valence-corrected chi connectivity index (χ2v) is 6.82. The number of anilines is 1. The molecule has 1 unspecified atom stereocenters. The summed E-state index contributed by atoms with van der Waals surface area (Å²) in [5.41, 5.74) is 2.96. The lowest BCUT2D eigenvalue weighted by molar-refractivity contribution is -0.121. The molecule has 6 nitrogen and oxygen atoms in total. The molecule has 1 atom stereocenters. The molecule has 1 fully saturated rings. The van der Waals surface area contributed by atoms with Gasteiger partial charge in [-0.15, -0.1) is 0 Å². The van der Waals surface area contributed by atoms with Gasteiger partial charge in [-0.05, 0) is 20.9 Å². The highest BCUT2D eigenvalue weighted by molar-refractivity contribution is 5.95. The minimum atomic E-state index is -0.150.